The average molecular weight is 350 g/mol. The summed E-state index contributed by atoms with van der Waals surface area (Å²) < 4.78 is 3.77. The molecule has 130 valence electrons. The summed E-state index contributed by atoms with van der Waals surface area (Å²) in [5.74, 6) is 2.32. The number of carbonyl (C=O) groups excluding carboxylic acids is 1. The Morgan fingerprint density at radius 2 is 2.08 bits per heavy atom. The van der Waals surface area contributed by atoms with Crippen molar-refractivity contribution in [2.45, 2.75) is 30.5 Å². The highest BCUT2D eigenvalue weighted by molar-refractivity contribution is 7.99. The molecule has 8 nitrogen and oxygen atoms in total. The molecule has 1 aliphatic heterocycles. The highest BCUT2D eigenvalue weighted by Crippen LogP contribution is 2.27. The highest BCUT2D eigenvalue weighted by atomic mass is 32.2. The third-order valence-electron chi connectivity index (χ3n) is 4.45. The number of hydrogen-bond acceptors (Lipinski definition) is 6. The number of amides is 1. The van der Waals surface area contributed by atoms with E-state index in [1.165, 1.54) is 11.8 Å². The minimum atomic E-state index is -0.106. The summed E-state index contributed by atoms with van der Waals surface area (Å²) in [4.78, 5) is 18.5. The van der Waals surface area contributed by atoms with Gasteiger partial charge in [-0.15, -0.1) is 10.2 Å². The standard InChI is InChI=1S/C15H22N6O2S/c1-19-8-5-16-15(19)24-10-13(23)21-6-3-11(4-7-21)14-18-17-12(9-22)20(14)2/h5,8,11,22H,3-4,6-7,9-10H2,1-2H3. The van der Waals surface area contributed by atoms with Gasteiger partial charge in [0, 0.05) is 45.5 Å². The van der Waals surface area contributed by atoms with Crippen LogP contribution in [0.4, 0.5) is 0 Å². The molecule has 1 N–H and O–H groups in total. The van der Waals surface area contributed by atoms with Gasteiger partial charge in [-0.1, -0.05) is 11.8 Å². The monoisotopic (exact) mass is 350 g/mol. The van der Waals surface area contributed by atoms with E-state index >= 15 is 0 Å². The Labute approximate surface area is 144 Å². The fourth-order valence-electron chi connectivity index (χ4n) is 2.96. The molecule has 0 aliphatic carbocycles. The summed E-state index contributed by atoms with van der Waals surface area (Å²) in [5.41, 5.74) is 0. The Kier molecular flexibility index (Phi) is 5.20. The van der Waals surface area contributed by atoms with Crippen LogP contribution in [0.2, 0.25) is 0 Å². The van der Waals surface area contributed by atoms with Crippen LogP contribution in [0.15, 0.2) is 17.6 Å². The lowest BCUT2D eigenvalue weighted by Crippen LogP contribution is -2.39. The number of imidazole rings is 1. The van der Waals surface area contributed by atoms with Gasteiger partial charge in [0.05, 0.1) is 5.75 Å². The van der Waals surface area contributed by atoms with Crippen LogP contribution in [0.25, 0.3) is 0 Å². The van der Waals surface area contributed by atoms with Gasteiger partial charge in [-0.3, -0.25) is 4.79 Å². The van der Waals surface area contributed by atoms with Crippen molar-refractivity contribution in [3.05, 3.63) is 24.0 Å². The Morgan fingerprint density at radius 1 is 1.33 bits per heavy atom. The van der Waals surface area contributed by atoms with Crippen molar-refractivity contribution in [2.24, 2.45) is 14.1 Å². The first-order valence-electron chi connectivity index (χ1n) is 7.97. The molecule has 1 saturated heterocycles. The fourth-order valence-corrected chi connectivity index (χ4v) is 3.80. The van der Waals surface area contributed by atoms with E-state index in [4.69, 9.17) is 0 Å². The molecule has 0 saturated carbocycles. The van der Waals surface area contributed by atoms with E-state index in [9.17, 15) is 9.90 Å². The van der Waals surface area contributed by atoms with Crippen molar-refractivity contribution in [3.63, 3.8) is 0 Å². The van der Waals surface area contributed by atoms with Crippen LogP contribution in [0.1, 0.15) is 30.4 Å². The van der Waals surface area contributed by atoms with Crippen molar-refractivity contribution < 1.29 is 9.90 Å². The van der Waals surface area contributed by atoms with Crippen LogP contribution in [-0.2, 0) is 25.5 Å². The van der Waals surface area contributed by atoms with Crippen LogP contribution in [0.3, 0.4) is 0 Å². The molecule has 2 aromatic heterocycles. The summed E-state index contributed by atoms with van der Waals surface area (Å²) in [6.45, 7) is 1.35. The molecule has 0 atom stereocenters. The van der Waals surface area contributed by atoms with E-state index in [0.717, 1.165) is 36.9 Å². The number of likely N-dealkylation sites (tertiary alicyclic amines) is 1. The highest BCUT2D eigenvalue weighted by Gasteiger charge is 2.27. The predicted octanol–water partition coefficient (Wildman–Crippen LogP) is 0.539. The molecule has 24 heavy (non-hydrogen) atoms. The number of rotatable bonds is 5. The Hall–Kier alpha value is -1.87. The molecule has 2 aromatic rings. The molecule has 0 aromatic carbocycles. The molecule has 3 heterocycles. The third-order valence-corrected chi connectivity index (χ3v) is 5.50. The van der Waals surface area contributed by atoms with Crippen LogP contribution in [-0.4, -0.2) is 59.1 Å². The van der Waals surface area contributed by atoms with Crippen molar-refractivity contribution in [3.8, 4) is 0 Å². The SMILES string of the molecule is Cn1ccnc1SCC(=O)N1CCC(c2nnc(CO)n2C)CC1. The maximum Gasteiger partial charge on any atom is 0.233 e. The number of aliphatic hydroxyl groups is 1. The van der Waals surface area contributed by atoms with Gasteiger partial charge in [-0.05, 0) is 12.8 Å². The number of carbonyl (C=O) groups is 1. The molecule has 0 bridgehead atoms. The van der Waals surface area contributed by atoms with E-state index < -0.39 is 0 Å². The maximum absolute atomic E-state index is 12.4. The first-order chi connectivity index (χ1) is 11.6. The molecular weight excluding hydrogens is 328 g/mol. The smallest absolute Gasteiger partial charge is 0.233 e. The molecule has 3 rings (SSSR count). The molecule has 9 heteroatoms. The second-order valence-electron chi connectivity index (χ2n) is 5.96. The number of aryl methyl sites for hydroxylation is 1. The molecule has 1 fully saturated rings. The van der Waals surface area contributed by atoms with Crippen molar-refractivity contribution in [1.29, 1.82) is 0 Å². The van der Waals surface area contributed by atoms with Gasteiger partial charge in [0.25, 0.3) is 0 Å². The molecule has 0 radical (unpaired) electrons. The second-order valence-corrected chi connectivity index (χ2v) is 6.90. The summed E-state index contributed by atoms with van der Waals surface area (Å²) >= 11 is 1.47. The second kappa shape index (κ2) is 7.35. The third kappa shape index (κ3) is 3.46. The van der Waals surface area contributed by atoms with E-state index in [-0.39, 0.29) is 18.4 Å². The molecular formula is C15H22N6O2S. The minimum Gasteiger partial charge on any atom is -0.388 e. The largest absolute Gasteiger partial charge is 0.388 e. The van der Waals surface area contributed by atoms with Gasteiger partial charge in [0.15, 0.2) is 11.0 Å². The van der Waals surface area contributed by atoms with E-state index in [1.807, 2.05) is 34.3 Å². The lowest BCUT2D eigenvalue weighted by Gasteiger charge is -2.31. The lowest BCUT2D eigenvalue weighted by atomic mass is 9.96. The summed E-state index contributed by atoms with van der Waals surface area (Å²) in [5, 5.41) is 18.3. The molecule has 1 amide bonds. The van der Waals surface area contributed by atoms with Gasteiger partial charge in [0.1, 0.15) is 12.4 Å². The van der Waals surface area contributed by atoms with Crippen LogP contribution in [0, 0.1) is 0 Å². The first-order valence-corrected chi connectivity index (χ1v) is 8.95. The number of thioether (sulfide) groups is 1. The van der Waals surface area contributed by atoms with Crippen molar-refractivity contribution in [1.82, 2.24) is 29.2 Å². The van der Waals surface area contributed by atoms with Gasteiger partial charge in [-0.2, -0.15) is 0 Å². The Bertz CT molecular complexity index is 705. The van der Waals surface area contributed by atoms with E-state index in [1.54, 1.807) is 6.20 Å². The zero-order valence-electron chi connectivity index (χ0n) is 13.9. The van der Waals surface area contributed by atoms with Gasteiger partial charge in [-0.25, -0.2) is 4.98 Å². The first kappa shape index (κ1) is 17.0. The number of aliphatic hydroxyl groups excluding tert-OH is 1. The summed E-state index contributed by atoms with van der Waals surface area (Å²) in [6.07, 6.45) is 5.35. The van der Waals surface area contributed by atoms with Crippen LogP contribution >= 0.6 is 11.8 Å². The minimum absolute atomic E-state index is 0.106. The number of hydrogen-bond donors (Lipinski definition) is 1. The van der Waals surface area contributed by atoms with Gasteiger partial charge >= 0.3 is 0 Å². The zero-order valence-corrected chi connectivity index (χ0v) is 14.7. The lowest BCUT2D eigenvalue weighted by molar-refractivity contribution is -0.129. The van der Waals surface area contributed by atoms with Gasteiger partial charge in [0.2, 0.25) is 5.91 Å². The topological polar surface area (TPSA) is 89.1 Å². The number of aromatic nitrogens is 5. The summed E-state index contributed by atoms with van der Waals surface area (Å²) in [7, 11) is 3.80. The molecule has 0 unspecified atom stereocenters. The van der Waals surface area contributed by atoms with Crippen molar-refractivity contribution >= 4 is 17.7 Å². The average Bonchev–Trinajstić information content (AvgIpc) is 3.18. The predicted molar refractivity (Wildman–Crippen MR) is 89.4 cm³/mol. The van der Waals surface area contributed by atoms with Crippen LogP contribution < -0.4 is 0 Å². The Balaban J connectivity index is 1.52. The summed E-state index contributed by atoms with van der Waals surface area (Å²) in [6, 6.07) is 0. The van der Waals surface area contributed by atoms with E-state index in [2.05, 4.69) is 15.2 Å². The number of nitrogens with zero attached hydrogens (tertiary/aromatic N) is 6. The quantitative estimate of drug-likeness (QED) is 0.792. The van der Waals surface area contributed by atoms with Crippen molar-refractivity contribution in [2.75, 3.05) is 18.8 Å². The maximum atomic E-state index is 12.4. The zero-order chi connectivity index (χ0) is 17.1. The fraction of sp³-hybridized carbons (Fsp3) is 0.600. The Morgan fingerprint density at radius 3 is 2.67 bits per heavy atom. The normalized spacial score (nSPS) is 15.9. The molecule has 0 spiro atoms. The molecule has 1 aliphatic rings. The van der Waals surface area contributed by atoms with Gasteiger partial charge < -0.3 is 19.1 Å². The number of piperidine rings is 1. The van der Waals surface area contributed by atoms with E-state index in [0.29, 0.717) is 11.6 Å². The van der Waals surface area contributed by atoms with Crippen LogP contribution in [0.5, 0.6) is 0 Å².